The molecule has 0 spiro atoms. The van der Waals surface area contributed by atoms with Crippen molar-refractivity contribution in [1.29, 1.82) is 0 Å². The highest BCUT2D eigenvalue weighted by Gasteiger charge is 2.33. The largest absolute Gasteiger partial charge is 0.492 e. The molecule has 144 valence electrons. The highest BCUT2D eigenvalue weighted by molar-refractivity contribution is 7.17. The lowest BCUT2D eigenvalue weighted by Gasteiger charge is -2.39. The molecule has 1 N–H and O–H groups in total. The molecule has 1 aromatic carbocycles. The molecule has 0 saturated carbocycles. The van der Waals surface area contributed by atoms with Gasteiger partial charge in [-0.15, -0.1) is 5.10 Å². The van der Waals surface area contributed by atoms with E-state index >= 15 is 0 Å². The van der Waals surface area contributed by atoms with E-state index in [2.05, 4.69) is 26.9 Å². The lowest BCUT2D eigenvalue weighted by atomic mass is 9.97. The molecule has 3 heterocycles. The van der Waals surface area contributed by atoms with Crippen LogP contribution in [0.1, 0.15) is 35.1 Å². The fraction of sp³-hybridized carbons (Fsp3) is 0.474. The van der Waals surface area contributed by atoms with Gasteiger partial charge in [-0.05, 0) is 53.0 Å². The van der Waals surface area contributed by atoms with Crippen molar-refractivity contribution in [3.05, 3.63) is 46.3 Å². The second-order valence-electron chi connectivity index (χ2n) is 7.27. The molecule has 8 heteroatoms. The number of halogens is 1. The van der Waals surface area contributed by atoms with Crippen LogP contribution in [-0.2, 0) is 0 Å². The van der Waals surface area contributed by atoms with E-state index in [4.69, 9.17) is 0 Å². The van der Waals surface area contributed by atoms with Gasteiger partial charge in [0.15, 0.2) is 0 Å². The van der Waals surface area contributed by atoms with Crippen molar-refractivity contribution in [1.82, 2.24) is 24.4 Å². The summed E-state index contributed by atoms with van der Waals surface area (Å²) in [6, 6.07) is 6.74. The van der Waals surface area contributed by atoms with Crippen LogP contribution in [0.15, 0.2) is 24.3 Å². The van der Waals surface area contributed by atoms with E-state index in [0.717, 1.165) is 25.9 Å². The summed E-state index contributed by atoms with van der Waals surface area (Å²) in [5.74, 6) is 0.384. The molecule has 1 unspecified atom stereocenters. The highest BCUT2D eigenvalue weighted by Crippen LogP contribution is 2.41. The molecule has 0 aliphatic carbocycles. The van der Waals surface area contributed by atoms with Crippen molar-refractivity contribution < 1.29 is 9.50 Å². The molecule has 4 rings (SSSR count). The van der Waals surface area contributed by atoms with Crippen LogP contribution in [0.25, 0.3) is 4.96 Å². The fourth-order valence-electron chi connectivity index (χ4n) is 3.88. The van der Waals surface area contributed by atoms with Crippen LogP contribution in [0.3, 0.4) is 0 Å². The number of benzene rings is 1. The predicted octanol–water partition coefficient (Wildman–Crippen LogP) is 3.06. The van der Waals surface area contributed by atoms with Gasteiger partial charge in [0, 0.05) is 11.6 Å². The Morgan fingerprint density at radius 3 is 2.67 bits per heavy atom. The summed E-state index contributed by atoms with van der Waals surface area (Å²) >= 11 is 1.37. The Bertz CT molecular complexity index is 947. The zero-order chi connectivity index (χ0) is 19.1. The van der Waals surface area contributed by atoms with Crippen molar-refractivity contribution in [2.75, 3.05) is 27.2 Å². The van der Waals surface area contributed by atoms with Crippen LogP contribution < -0.4 is 0 Å². The van der Waals surface area contributed by atoms with Gasteiger partial charge in [-0.1, -0.05) is 29.5 Å². The zero-order valence-corrected chi connectivity index (χ0v) is 16.6. The third-order valence-corrected chi connectivity index (χ3v) is 6.50. The maximum absolute atomic E-state index is 14.7. The topological polar surface area (TPSA) is 56.9 Å². The summed E-state index contributed by atoms with van der Waals surface area (Å²) in [7, 11) is 4.15. The van der Waals surface area contributed by atoms with Crippen LogP contribution in [0.2, 0.25) is 0 Å². The van der Waals surface area contributed by atoms with Gasteiger partial charge in [0.2, 0.25) is 10.8 Å². The Balaban J connectivity index is 1.79. The third-order valence-electron chi connectivity index (χ3n) is 5.43. The lowest BCUT2D eigenvalue weighted by Crippen LogP contribution is -2.43. The Hall–Kier alpha value is -2.03. The molecule has 1 saturated heterocycles. The summed E-state index contributed by atoms with van der Waals surface area (Å²) in [4.78, 5) is 10.2. The molecule has 0 amide bonds. The number of aromatic hydroxyl groups is 1. The van der Waals surface area contributed by atoms with Gasteiger partial charge in [0.1, 0.15) is 11.6 Å². The first-order valence-corrected chi connectivity index (χ1v) is 9.97. The number of thiazole rings is 1. The molecule has 6 nitrogen and oxygen atoms in total. The SMILES string of the molecule is Cc1nc2sc(C(c3ccccc3F)N(C)C3CCN(C)CC3)c(O)n2n1. The van der Waals surface area contributed by atoms with Crippen molar-refractivity contribution in [3.8, 4) is 5.88 Å². The number of nitrogens with zero attached hydrogens (tertiary/aromatic N) is 5. The minimum absolute atomic E-state index is 0.0450. The van der Waals surface area contributed by atoms with Gasteiger partial charge in [-0.3, -0.25) is 4.90 Å². The molecule has 0 radical (unpaired) electrons. The molecule has 27 heavy (non-hydrogen) atoms. The maximum Gasteiger partial charge on any atom is 0.230 e. The minimum Gasteiger partial charge on any atom is -0.492 e. The number of rotatable bonds is 4. The first-order valence-electron chi connectivity index (χ1n) is 9.15. The van der Waals surface area contributed by atoms with Crippen LogP contribution in [0.4, 0.5) is 4.39 Å². The lowest BCUT2D eigenvalue weighted by molar-refractivity contribution is 0.119. The average Bonchev–Trinajstić information content (AvgIpc) is 3.15. The summed E-state index contributed by atoms with van der Waals surface area (Å²) in [5.41, 5.74) is 0.565. The number of hydrogen-bond donors (Lipinski definition) is 1. The molecule has 1 aliphatic rings. The van der Waals surface area contributed by atoms with Crippen LogP contribution in [0, 0.1) is 12.7 Å². The Morgan fingerprint density at radius 1 is 1.30 bits per heavy atom. The second kappa shape index (κ2) is 7.18. The van der Waals surface area contributed by atoms with Crippen LogP contribution in [-0.4, -0.2) is 62.7 Å². The summed E-state index contributed by atoms with van der Waals surface area (Å²) < 4.78 is 16.2. The number of fused-ring (bicyclic) bond motifs is 1. The smallest absolute Gasteiger partial charge is 0.230 e. The van der Waals surface area contributed by atoms with E-state index in [0.29, 0.717) is 27.3 Å². The molecule has 3 aromatic rings. The number of piperidine rings is 1. The zero-order valence-electron chi connectivity index (χ0n) is 15.8. The predicted molar refractivity (Wildman–Crippen MR) is 104 cm³/mol. The summed E-state index contributed by atoms with van der Waals surface area (Å²) in [6.45, 7) is 3.82. The van der Waals surface area contributed by atoms with Crippen molar-refractivity contribution in [2.45, 2.75) is 31.8 Å². The van der Waals surface area contributed by atoms with Gasteiger partial charge in [0.25, 0.3) is 0 Å². The molecule has 1 atom stereocenters. The van der Waals surface area contributed by atoms with Crippen LogP contribution in [0.5, 0.6) is 5.88 Å². The third kappa shape index (κ3) is 3.33. The highest BCUT2D eigenvalue weighted by atomic mass is 32.1. The molecular formula is C19H24FN5OS. The van der Waals surface area contributed by atoms with E-state index in [1.54, 1.807) is 19.1 Å². The van der Waals surface area contributed by atoms with Gasteiger partial charge >= 0.3 is 0 Å². The monoisotopic (exact) mass is 389 g/mol. The first-order chi connectivity index (χ1) is 13.0. The maximum atomic E-state index is 14.7. The quantitative estimate of drug-likeness (QED) is 0.743. The van der Waals surface area contributed by atoms with E-state index < -0.39 is 0 Å². The van der Waals surface area contributed by atoms with Gasteiger partial charge in [-0.25, -0.2) is 9.37 Å². The van der Waals surface area contributed by atoms with Gasteiger partial charge < -0.3 is 10.0 Å². The van der Waals surface area contributed by atoms with Gasteiger partial charge in [0.05, 0.1) is 10.9 Å². The molecule has 1 aliphatic heterocycles. The van der Waals surface area contributed by atoms with Crippen LogP contribution >= 0.6 is 11.3 Å². The van der Waals surface area contributed by atoms with E-state index in [1.165, 1.54) is 21.9 Å². The molecule has 0 bridgehead atoms. The average molecular weight is 390 g/mol. The van der Waals surface area contributed by atoms with E-state index in [9.17, 15) is 9.50 Å². The minimum atomic E-state index is -0.381. The van der Waals surface area contributed by atoms with E-state index in [1.807, 2.05) is 13.1 Å². The van der Waals surface area contributed by atoms with Crippen molar-refractivity contribution in [3.63, 3.8) is 0 Å². The number of aromatic nitrogens is 3. The molecule has 1 fully saturated rings. The van der Waals surface area contributed by atoms with Crippen molar-refractivity contribution >= 4 is 16.3 Å². The molecular weight excluding hydrogens is 365 g/mol. The number of hydrogen-bond acceptors (Lipinski definition) is 6. The Morgan fingerprint density at radius 2 is 2.00 bits per heavy atom. The Kier molecular flexibility index (Phi) is 4.88. The summed E-state index contributed by atoms with van der Waals surface area (Å²) in [5, 5.41) is 15.1. The van der Waals surface area contributed by atoms with Gasteiger partial charge in [-0.2, -0.15) is 4.52 Å². The number of aryl methyl sites for hydroxylation is 1. The second-order valence-corrected chi connectivity index (χ2v) is 8.28. The van der Waals surface area contributed by atoms with Crippen molar-refractivity contribution in [2.24, 2.45) is 0 Å². The van der Waals surface area contributed by atoms with E-state index in [-0.39, 0.29) is 17.7 Å². The molecule has 2 aromatic heterocycles. The Labute approximate surface area is 161 Å². The fourth-order valence-corrected chi connectivity index (χ4v) is 5.05. The number of likely N-dealkylation sites (tertiary alicyclic amines) is 1. The first kappa shape index (κ1) is 18.3. The normalized spacial score (nSPS) is 17.8. The summed E-state index contributed by atoms with van der Waals surface area (Å²) in [6.07, 6.45) is 2.02. The standard InChI is InChI=1S/C19H24FN5OS/c1-12-21-19-25(22-12)18(26)17(27-19)16(14-6-4-5-7-15(14)20)24(3)13-8-10-23(2)11-9-13/h4-7,13,16,26H,8-11H2,1-3H3.